The maximum absolute atomic E-state index is 13.4. The molecular formula is C17H17FN2O2. The second kappa shape index (κ2) is 6.47. The fourth-order valence-corrected chi connectivity index (χ4v) is 2.45. The number of carbonyl (C=O) groups is 1. The van der Waals surface area contributed by atoms with Crippen LogP contribution in [0.4, 0.5) is 9.18 Å². The molecule has 2 amide bonds. The van der Waals surface area contributed by atoms with E-state index in [0.29, 0.717) is 12.1 Å². The Bertz CT molecular complexity index is 650. The van der Waals surface area contributed by atoms with Crippen molar-refractivity contribution in [1.29, 1.82) is 0 Å². The molecule has 3 rings (SSSR count). The average molecular weight is 300 g/mol. The van der Waals surface area contributed by atoms with Crippen molar-refractivity contribution in [1.82, 2.24) is 10.6 Å². The Morgan fingerprint density at radius 1 is 1.14 bits per heavy atom. The Morgan fingerprint density at radius 3 is 2.73 bits per heavy atom. The first-order chi connectivity index (χ1) is 10.7. The summed E-state index contributed by atoms with van der Waals surface area (Å²) in [5.74, 6) is 0.554. The number of halogens is 1. The first-order valence-corrected chi connectivity index (χ1v) is 7.22. The van der Waals surface area contributed by atoms with Gasteiger partial charge in [-0.1, -0.05) is 36.4 Å². The molecule has 2 aromatic carbocycles. The zero-order valence-electron chi connectivity index (χ0n) is 12.0. The zero-order chi connectivity index (χ0) is 15.4. The number of rotatable bonds is 4. The van der Waals surface area contributed by atoms with Crippen molar-refractivity contribution in [2.75, 3.05) is 6.54 Å². The number of para-hydroxylation sites is 1. The maximum Gasteiger partial charge on any atom is 0.315 e. The van der Waals surface area contributed by atoms with Gasteiger partial charge in [-0.3, -0.25) is 0 Å². The molecular weight excluding hydrogens is 283 g/mol. The number of urea groups is 1. The van der Waals surface area contributed by atoms with E-state index in [1.54, 1.807) is 18.2 Å². The van der Waals surface area contributed by atoms with E-state index in [0.717, 1.165) is 17.7 Å². The molecule has 0 bridgehead atoms. The molecule has 0 aliphatic carbocycles. The smallest absolute Gasteiger partial charge is 0.315 e. The van der Waals surface area contributed by atoms with E-state index in [4.69, 9.17) is 4.74 Å². The SMILES string of the molecule is O=C(NCc1ccccc1F)NCC1Cc2ccccc2O1. The monoisotopic (exact) mass is 300 g/mol. The molecule has 1 unspecified atom stereocenters. The molecule has 5 heteroatoms. The van der Waals surface area contributed by atoms with Crippen LogP contribution in [0.15, 0.2) is 48.5 Å². The lowest BCUT2D eigenvalue weighted by molar-refractivity contribution is 0.213. The van der Waals surface area contributed by atoms with Gasteiger partial charge in [0.05, 0.1) is 6.54 Å². The fraction of sp³-hybridized carbons (Fsp3) is 0.235. The lowest BCUT2D eigenvalue weighted by Crippen LogP contribution is -2.40. The minimum Gasteiger partial charge on any atom is -0.488 e. The van der Waals surface area contributed by atoms with Crippen LogP contribution in [0.3, 0.4) is 0 Å². The Kier molecular flexibility index (Phi) is 4.23. The molecule has 0 saturated heterocycles. The molecule has 0 spiro atoms. The average Bonchev–Trinajstić information content (AvgIpc) is 2.95. The molecule has 22 heavy (non-hydrogen) atoms. The van der Waals surface area contributed by atoms with Crippen LogP contribution < -0.4 is 15.4 Å². The number of hydrogen-bond acceptors (Lipinski definition) is 2. The number of benzene rings is 2. The number of carbonyl (C=O) groups excluding carboxylic acids is 1. The molecule has 4 nitrogen and oxygen atoms in total. The minimum absolute atomic E-state index is 0.0587. The molecule has 1 aliphatic rings. The number of fused-ring (bicyclic) bond motifs is 1. The van der Waals surface area contributed by atoms with Crippen molar-refractivity contribution in [3.05, 3.63) is 65.5 Å². The summed E-state index contributed by atoms with van der Waals surface area (Å²) < 4.78 is 19.2. The summed E-state index contributed by atoms with van der Waals surface area (Å²) in [5.41, 5.74) is 1.61. The van der Waals surface area contributed by atoms with E-state index in [9.17, 15) is 9.18 Å². The first-order valence-electron chi connectivity index (χ1n) is 7.22. The number of nitrogens with one attached hydrogen (secondary N) is 2. The molecule has 2 aromatic rings. The number of hydrogen-bond donors (Lipinski definition) is 2. The highest BCUT2D eigenvalue weighted by Crippen LogP contribution is 2.27. The minimum atomic E-state index is -0.331. The summed E-state index contributed by atoms with van der Waals surface area (Å²) in [5, 5.41) is 5.39. The van der Waals surface area contributed by atoms with E-state index in [1.165, 1.54) is 6.07 Å². The van der Waals surface area contributed by atoms with Gasteiger partial charge in [-0.15, -0.1) is 0 Å². The molecule has 0 radical (unpaired) electrons. The van der Waals surface area contributed by atoms with Crippen molar-refractivity contribution in [2.24, 2.45) is 0 Å². The summed E-state index contributed by atoms with van der Waals surface area (Å²) in [4.78, 5) is 11.8. The van der Waals surface area contributed by atoms with Crippen molar-refractivity contribution < 1.29 is 13.9 Å². The third-order valence-electron chi connectivity index (χ3n) is 3.60. The predicted molar refractivity (Wildman–Crippen MR) is 81.2 cm³/mol. The van der Waals surface area contributed by atoms with Crippen LogP contribution in [0.1, 0.15) is 11.1 Å². The zero-order valence-corrected chi connectivity index (χ0v) is 12.0. The quantitative estimate of drug-likeness (QED) is 0.912. The Balaban J connectivity index is 1.43. The van der Waals surface area contributed by atoms with E-state index in [2.05, 4.69) is 10.6 Å². The van der Waals surface area contributed by atoms with E-state index < -0.39 is 0 Å². The predicted octanol–water partition coefficient (Wildman–Crippen LogP) is 2.63. The molecule has 114 valence electrons. The third kappa shape index (κ3) is 3.36. The van der Waals surface area contributed by atoms with Crippen LogP contribution in [0.2, 0.25) is 0 Å². The van der Waals surface area contributed by atoms with Crippen LogP contribution in [-0.4, -0.2) is 18.7 Å². The topological polar surface area (TPSA) is 50.4 Å². The lowest BCUT2D eigenvalue weighted by atomic mass is 10.1. The molecule has 0 aromatic heterocycles. The van der Waals surface area contributed by atoms with Gasteiger partial charge in [0.2, 0.25) is 0 Å². The van der Waals surface area contributed by atoms with Crippen molar-refractivity contribution in [3.8, 4) is 5.75 Å². The number of amides is 2. The van der Waals surface area contributed by atoms with Gasteiger partial charge in [-0.05, 0) is 17.7 Å². The van der Waals surface area contributed by atoms with Gasteiger partial charge in [0.1, 0.15) is 17.7 Å². The Hall–Kier alpha value is -2.56. The molecule has 1 atom stereocenters. The normalized spacial score (nSPS) is 15.8. The second-order valence-electron chi connectivity index (χ2n) is 5.21. The van der Waals surface area contributed by atoms with Gasteiger partial charge < -0.3 is 15.4 Å². The second-order valence-corrected chi connectivity index (χ2v) is 5.21. The summed E-state index contributed by atoms with van der Waals surface area (Å²) >= 11 is 0. The van der Waals surface area contributed by atoms with E-state index in [-0.39, 0.29) is 24.5 Å². The van der Waals surface area contributed by atoms with Gasteiger partial charge in [-0.2, -0.15) is 0 Å². The van der Waals surface area contributed by atoms with E-state index >= 15 is 0 Å². The highest BCUT2D eigenvalue weighted by molar-refractivity contribution is 5.73. The molecule has 1 heterocycles. The fourth-order valence-electron chi connectivity index (χ4n) is 2.45. The van der Waals surface area contributed by atoms with Crippen LogP contribution >= 0.6 is 0 Å². The van der Waals surface area contributed by atoms with Gasteiger partial charge >= 0.3 is 6.03 Å². The van der Waals surface area contributed by atoms with Crippen molar-refractivity contribution in [2.45, 2.75) is 19.1 Å². The summed E-state index contributed by atoms with van der Waals surface area (Å²) in [6.07, 6.45) is 0.723. The lowest BCUT2D eigenvalue weighted by Gasteiger charge is -2.13. The van der Waals surface area contributed by atoms with Crippen LogP contribution in [0, 0.1) is 5.82 Å². The summed E-state index contributed by atoms with van der Waals surface area (Å²) in [6.45, 7) is 0.571. The number of ether oxygens (including phenoxy) is 1. The van der Waals surface area contributed by atoms with Crippen LogP contribution in [-0.2, 0) is 13.0 Å². The Labute approximate surface area is 128 Å². The van der Waals surface area contributed by atoms with Crippen molar-refractivity contribution >= 4 is 6.03 Å². The van der Waals surface area contributed by atoms with Gasteiger partial charge in [0.25, 0.3) is 0 Å². The highest BCUT2D eigenvalue weighted by atomic mass is 19.1. The molecule has 1 aliphatic heterocycles. The summed E-state index contributed by atoms with van der Waals surface area (Å²) in [6, 6.07) is 13.9. The molecule has 0 fully saturated rings. The van der Waals surface area contributed by atoms with Gasteiger partial charge in [-0.25, -0.2) is 9.18 Å². The molecule has 0 saturated carbocycles. The standard InChI is InChI=1S/C17H17FN2O2/c18-15-7-3-1-6-13(15)10-19-17(21)20-11-14-9-12-5-2-4-8-16(12)22-14/h1-8,14H,9-11H2,(H2,19,20,21). The molecule has 2 N–H and O–H groups in total. The Morgan fingerprint density at radius 2 is 1.91 bits per heavy atom. The van der Waals surface area contributed by atoms with E-state index in [1.807, 2.05) is 24.3 Å². The third-order valence-corrected chi connectivity index (χ3v) is 3.60. The van der Waals surface area contributed by atoms with Gasteiger partial charge in [0, 0.05) is 18.5 Å². The van der Waals surface area contributed by atoms with Gasteiger partial charge in [0.15, 0.2) is 0 Å². The van der Waals surface area contributed by atoms with Crippen LogP contribution in [0.25, 0.3) is 0 Å². The summed E-state index contributed by atoms with van der Waals surface area (Å²) in [7, 11) is 0. The van der Waals surface area contributed by atoms with Crippen LogP contribution in [0.5, 0.6) is 5.75 Å². The van der Waals surface area contributed by atoms with Crippen molar-refractivity contribution in [3.63, 3.8) is 0 Å². The maximum atomic E-state index is 13.4. The first kappa shape index (κ1) is 14.4. The highest BCUT2D eigenvalue weighted by Gasteiger charge is 2.22. The largest absolute Gasteiger partial charge is 0.488 e.